The zero-order chi connectivity index (χ0) is 16.9. The van der Waals surface area contributed by atoms with E-state index >= 15 is 0 Å². The van der Waals surface area contributed by atoms with Crippen LogP contribution in [0.3, 0.4) is 0 Å². The number of carbonyl (C=O) groups excluding carboxylic acids is 1. The van der Waals surface area contributed by atoms with Gasteiger partial charge >= 0.3 is 0 Å². The monoisotopic (exact) mass is 358 g/mol. The molecule has 2 aromatic carbocycles. The number of ether oxygens (including phenoxy) is 1. The summed E-state index contributed by atoms with van der Waals surface area (Å²) in [5.74, 6) is -0.860. The molecule has 0 unspecified atom stereocenters. The standard InChI is InChI=1S/C14H12ClFN2O4S/c15-10-1-5-12(6-2-10)22-9-14(19)17-18-23(20,21)13-7-3-11(16)4-8-13/h1-8,18H,9H2,(H,17,19). The topological polar surface area (TPSA) is 84.5 Å². The van der Waals surface area contributed by atoms with E-state index in [1.54, 1.807) is 24.3 Å². The second kappa shape index (κ2) is 7.40. The summed E-state index contributed by atoms with van der Waals surface area (Å²) in [5.41, 5.74) is 2.00. The Morgan fingerprint density at radius 2 is 1.70 bits per heavy atom. The second-order valence-electron chi connectivity index (χ2n) is 4.35. The van der Waals surface area contributed by atoms with Crippen molar-refractivity contribution in [3.63, 3.8) is 0 Å². The predicted molar refractivity (Wildman–Crippen MR) is 81.8 cm³/mol. The third kappa shape index (κ3) is 5.20. The maximum Gasteiger partial charge on any atom is 0.272 e. The average molecular weight is 359 g/mol. The van der Waals surface area contributed by atoms with E-state index in [9.17, 15) is 17.6 Å². The van der Waals surface area contributed by atoms with Gasteiger partial charge in [-0.25, -0.2) is 12.8 Å². The highest BCUT2D eigenvalue weighted by molar-refractivity contribution is 7.89. The number of carbonyl (C=O) groups is 1. The molecule has 9 heteroatoms. The Morgan fingerprint density at radius 3 is 2.30 bits per heavy atom. The molecule has 23 heavy (non-hydrogen) atoms. The minimum Gasteiger partial charge on any atom is -0.484 e. The van der Waals surface area contributed by atoms with Crippen molar-refractivity contribution in [3.05, 3.63) is 59.4 Å². The highest BCUT2D eigenvalue weighted by Gasteiger charge is 2.15. The van der Waals surface area contributed by atoms with E-state index in [2.05, 4.69) is 0 Å². The summed E-state index contributed by atoms with van der Waals surface area (Å²) in [6, 6.07) is 10.5. The molecule has 0 fully saturated rings. The van der Waals surface area contributed by atoms with Crippen molar-refractivity contribution in [2.45, 2.75) is 4.90 Å². The van der Waals surface area contributed by atoms with Crippen molar-refractivity contribution in [3.8, 4) is 5.75 Å². The summed E-state index contributed by atoms with van der Waals surface area (Å²) >= 11 is 5.71. The van der Waals surface area contributed by atoms with Crippen LogP contribution in [0.1, 0.15) is 0 Å². The molecule has 2 N–H and O–H groups in total. The number of sulfonamides is 1. The third-order valence-electron chi connectivity index (χ3n) is 2.63. The lowest BCUT2D eigenvalue weighted by atomic mass is 10.3. The SMILES string of the molecule is O=C(COc1ccc(Cl)cc1)NNS(=O)(=O)c1ccc(F)cc1. The third-order valence-corrected chi connectivity index (χ3v) is 4.15. The van der Waals surface area contributed by atoms with Gasteiger partial charge in [0.1, 0.15) is 11.6 Å². The Labute approximate surface area is 137 Å². The molecule has 1 amide bonds. The van der Waals surface area contributed by atoms with Crippen LogP contribution in [0.15, 0.2) is 53.4 Å². The van der Waals surface area contributed by atoms with Gasteiger partial charge < -0.3 is 4.74 Å². The maximum absolute atomic E-state index is 12.8. The molecule has 0 aliphatic rings. The van der Waals surface area contributed by atoms with Crippen molar-refractivity contribution in [2.75, 3.05) is 6.61 Å². The molecule has 0 heterocycles. The van der Waals surface area contributed by atoms with Gasteiger partial charge in [-0.3, -0.25) is 10.2 Å². The first-order valence-electron chi connectivity index (χ1n) is 6.31. The highest BCUT2D eigenvalue weighted by Crippen LogP contribution is 2.15. The molecule has 0 atom stereocenters. The molecule has 122 valence electrons. The van der Waals surface area contributed by atoms with Crippen molar-refractivity contribution in [1.29, 1.82) is 0 Å². The van der Waals surface area contributed by atoms with Crippen LogP contribution in [0, 0.1) is 5.82 Å². The van der Waals surface area contributed by atoms with Gasteiger partial charge in [-0.2, -0.15) is 0 Å². The zero-order valence-electron chi connectivity index (χ0n) is 11.6. The Morgan fingerprint density at radius 1 is 1.09 bits per heavy atom. The van der Waals surface area contributed by atoms with E-state index in [0.717, 1.165) is 24.3 Å². The van der Waals surface area contributed by atoms with Crippen LogP contribution < -0.4 is 15.0 Å². The molecule has 0 saturated carbocycles. The molecule has 0 radical (unpaired) electrons. The number of amides is 1. The number of benzene rings is 2. The van der Waals surface area contributed by atoms with Crippen molar-refractivity contribution in [2.24, 2.45) is 0 Å². The first kappa shape index (κ1) is 17.2. The summed E-state index contributed by atoms with van der Waals surface area (Å²) in [6.45, 7) is -0.395. The van der Waals surface area contributed by atoms with Crippen LogP contribution in [0.25, 0.3) is 0 Å². The molecular formula is C14H12ClFN2O4S. The number of nitrogens with one attached hydrogen (secondary N) is 2. The van der Waals surface area contributed by atoms with Gasteiger partial charge in [-0.1, -0.05) is 11.6 Å². The Bertz CT molecular complexity index is 779. The number of hydrogen-bond acceptors (Lipinski definition) is 4. The smallest absolute Gasteiger partial charge is 0.272 e. The fraction of sp³-hybridized carbons (Fsp3) is 0.0714. The van der Waals surface area contributed by atoms with E-state index in [1.165, 1.54) is 0 Å². The Hall–Kier alpha value is -2.16. The quantitative estimate of drug-likeness (QED) is 0.772. The normalized spacial score (nSPS) is 11.0. The van der Waals surface area contributed by atoms with Gasteiger partial charge in [-0.15, -0.1) is 4.83 Å². The minimum absolute atomic E-state index is 0.183. The van der Waals surface area contributed by atoms with E-state index in [-0.39, 0.29) is 4.90 Å². The molecule has 2 aromatic rings. The van der Waals surface area contributed by atoms with Crippen molar-refractivity contribution < 1.29 is 22.3 Å². The van der Waals surface area contributed by atoms with E-state index < -0.39 is 28.4 Å². The van der Waals surface area contributed by atoms with Gasteiger partial charge in [0.25, 0.3) is 15.9 Å². The van der Waals surface area contributed by atoms with Crippen molar-refractivity contribution in [1.82, 2.24) is 10.3 Å². The van der Waals surface area contributed by atoms with Gasteiger partial charge in [0, 0.05) is 5.02 Å². The maximum atomic E-state index is 12.8. The lowest BCUT2D eigenvalue weighted by Gasteiger charge is -2.09. The van der Waals surface area contributed by atoms with Crippen LogP contribution in [-0.4, -0.2) is 20.9 Å². The fourth-order valence-electron chi connectivity index (χ4n) is 1.51. The number of halogens is 2. The van der Waals surface area contributed by atoms with Gasteiger partial charge in [0.2, 0.25) is 0 Å². The minimum atomic E-state index is -3.98. The van der Waals surface area contributed by atoms with Crippen LogP contribution in [0.4, 0.5) is 4.39 Å². The molecule has 0 aliphatic carbocycles. The summed E-state index contributed by atoms with van der Waals surface area (Å²) < 4.78 is 41.6. The fourth-order valence-corrected chi connectivity index (χ4v) is 2.50. The van der Waals surface area contributed by atoms with Crippen LogP contribution in [0.2, 0.25) is 5.02 Å². The van der Waals surface area contributed by atoms with E-state index in [4.69, 9.17) is 16.3 Å². The first-order valence-corrected chi connectivity index (χ1v) is 8.17. The van der Waals surface area contributed by atoms with Crippen LogP contribution in [0.5, 0.6) is 5.75 Å². The lowest BCUT2D eigenvalue weighted by Crippen LogP contribution is -2.43. The second-order valence-corrected chi connectivity index (χ2v) is 6.47. The summed E-state index contributed by atoms with van der Waals surface area (Å²) in [4.78, 5) is 13.3. The molecule has 2 rings (SSSR count). The first-order chi connectivity index (χ1) is 10.9. The van der Waals surface area contributed by atoms with E-state index in [0.29, 0.717) is 10.8 Å². The molecule has 0 saturated heterocycles. The zero-order valence-corrected chi connectivity index (χ0v) is 13.2. The Balaban J connectivity index is 1.86. The van der Waals surface area contributed by atoms with Gasteiger partial charge in [0.05, 0.1) is 4.90 Å². The molecule has 0 bridgehead atoms. The molecule has 0 spiro atoms. The number of hydrazine groups is 1. The lowest BCUT2D eigenvalue weighted by molar-refractivity contribution is -0.123. The summed E-state index contributed by atoms with van der Waals surface area (Å²) in [7, 11) is -3.98. The Kier molecular flexibility index (Phi) is 5.54. The molecular weight excluding hydrogens is 347 g/mol. The average Bonchev–Trinajstić information content (AvgIpc) is 2.53. The summed E-state index contributed by atoms with van der Waals surface area (Å²) in [6.07, 6.45) is 0. The largest absolute Gasteiger partial charge is 0.484 e. The number of hydrogen-bond donors (Lipinski definition) is 2. The summed E-state index contributed by atoms with van der Waals surface area (Å²) in [5, 5.41) is 0.522. The predicted octanol–water partition coefficient (Wildman–Crippen LogP) is 1.87. The van der Waals surface area contributed by atoms with Gasteiger partial charge in [-0.05, 0) is 48.5 Å². The van der Waals surface area contributed by atoms with Crippen LogP contribution in [-0.2, 0) is 14.8 Å². The van der Waals surface area contributed by atoms with E-state index in [1.807, 2.05) is 10.3 Å². The van der Waals surface area contributed by atoms with Crippen molar-refractivity contribution >= 4 is 27.5 Å². The van der Waals surface area contributed by atoms with Gasteiger partial charge in [0.15, 0.2) is 6.61 Å². The molecule has 0 aromatic heterocycles. The van der Waals surface area contributed by atoms with Crippen LogP contribution >= 0.6 is 11.6 Å². The highest BCUT2D eigenvalue weighted by atomic mass is 35.5. The number of rotatable bonds is 6. The molecule has 6 nitrogen and oxygen atoms in total. The molecule has 0 aliphatic heterocycles.